The van der Waals surface area contributed by atoms with Crippen molar-refractivity contribution in [3.63, 3.8) is 0 Å². The van der Waals surface area contributed by atoms with Gasteiger partial charge in [-0.1, -0.05) is 0 Å². The average Bonchev–Trinajstić information content (AvgIpc) is 2.12. The number of benzene rings is 1. The Balaban J connectivity index is 2.91. The van der Waals surface area contributed by atoms with Crippen molar-refractivity contribution in [1.29, 1.82) is 0 Å². The molecule has 0 aliphatic heterocycles. The molecule has 1 heterocycles. The fourth-order valence-corrected chi connectivity index (χ4v) is 1.30. The van der Waals surface area contributed by atoms with E-state index in [-0.39, 0.29) is 5.82 Å². The molecule has 0 spiro atoms. The molecule has 4 heteroatoms. The zero-order valence-corrected chi connectivity index (χ0v) is 7.55. The minimum Gasteiger partial charge on any atom is -0.253 e. The van der Waals surface area contributed by atoms with E-state index < -0.39 is 0 Å². The van der Waals surface area contributed by atoms with Gasteiger partial charge in [-0.05, 0) is 28.1 Å². The van der Waals surface area contributed by atoms with Crippen molar-refractivity contribution in [2.24, 2.45) is 0 Å². The zero-order valence-electron chi connectivity index (χ0n) is 5.96. The molecule has 0 aliphatic rings. The van der Waals surface area contributed by atoms with E-state index in [9.17, 15) is 4.39 Å². The van der Waals surface area contributed by atoms with Crippen LogP contribution in [0, 0.1) is 5.82 Å². The third kappa shape index (κ3) is 1.08. The minimum atomic E-state index is -0.361. The first-order chi connectivity index (χ1) is 5.79. The van der Waals surface area contributed by atoms with Crippen LogP contribution in [-0.2, 0) is 0 Å². The van der Waals surface area contributed by atoms with Crippen LogP contribution in [0.2, 0.25) is 0 Å². The van der Waals surface area contributed by atoms with E-state index in [1.165, 1.54) is 12.4 Å². The first-order valence-corrected chi connectivity index (χ1v) is 4.13. The Kier molecular flexibility index (Phi) is 1.77. The van der Waals surface area contributed by atoms with E-state index in [0.29, 0.717) is 15.5 Å². The highest BCUT2D eigenvalue weighted by molar-refractivity contribution is 9.10. The highest BCUT2D eigenvalue weighted by Crippen LogP contribution is 2.21. The summed E-state index contributed by atoms with van der Waals surface area (Å²) in [5, 5.41) is 0. The lowest BCUT2D eigenvalue weighted by Gasteiger charge is -1.97. The van der Waals surface area contributed by atoms with Gasteiger partial charge in [0, 0.05) is 12.4 Å². The molecule has 0 radical (unpaired) electrons. The lowest BCUT2D eigenvalue weighted by molar-refractivity contribution is 0.630. The zero-order chi connectivity index (χ0) is 8.55. The molecule has 1 aromatic carbocycles. The molecule has 1 aromatic heterocycles. The molecule has 0 atom stereocenters. The molecule has 0 unspecified atom stereocenters. The van der Waals surface area contributed by atoms with Crippen LogP contribution in [0.25, 0.3) is 11.0 Å². The molecule has 0 aliphatic carbocycles. The van der Waals surface area contributed by atoms with Gasteiger partial charge in [0.2, 0.25) is 0 Å². The summed E-state index contributed by atoms with van der Waals surface area (Å²) in [6.45, 7) is 0. The third-order valence-electron chi connectivity index (χ3n) is 1.53. The molecule has 12 heavy (non-hydrogen) atoms. The van der Waals surface area contributed by atoms with Crippen LogP contribution < -0.4 is 0 Å². The molecule has 2 rings (SSSR count). The first-order valence-electron chi connectivity index (χ1n) is 3.34. The Morgan fingerprint density at radius 3 is 2.75 bits per heavy atom. The summed E-state index contributed by atoms with van der Waals surface area (Å²) >= 11 is 3.07. The Bertz CT molecular complexity index is 430. The van der Waals surface area contributed by atoms with E-state index >= 15 is 0 Å². The number of hydrogen-bond donors (Lipinski definition) is 0. The van der Waals surface area contributed by atoms with Crippen molar-refractivity contribution in [2.45, 2.75) is 0 Å². The van der Waals surface area contributed by atoms with Crippen LogP contribution in [-0.4, -0.2) is 9.97 Å². The van der Waals surface area contributed by atoms with Crippen molar-refractivity contribution in [3.8, 4) is 0 Å². The van der Waals surface area contributed by atoms with Gasteiger partial charge < -0.3 is 0 Å². The fraction of sp³-hybridized carbons (Fsp3) is 0. The summed E-state index contributed by atoms with van der Waals surface area (Å²) in [5.41, 5.74) is 0.866. The average molecular weight is 227 g/mol. The van der Waals surface area contributed by atoms with E-state index in [2.05, 4.69) is 25.9 Å². The first kappa shape index (κ1) is 7.61. The monoisotopic (exact) mass is 226 g/mol. The molecule has 0 saturated carbocycles. The van der Waals surface area contributed by atoms with Gasteiger partial charge in [-0.25, -0.2) is 9.37 Å². The molecule has 60 valence electrons. The van der Waals surface area contributed by atoms with Gasteiger partial charge in [0.15, 0.2) is 5.82 Å². The molecule has 0 amide bonds. The summed E-state index contributed by atoms with van der Waals surface area (Å²) in [6, 6.07) is 3.34. The quantitative estimate of drug-likeness (QED) is 0.691. The van der Waals surface area contributed by atoms with Gasteiger partial charge >= 0.3 is 0 Å². The molecule has 0 fully saturated rings. The summed E-state index contributed by atoms with van der Waals surface area (Å²) < 4.78 is 13.7. The molecular weight excluding hydrogens is 223 g/mol. The van der Waals surface area contributed by atoms with Gasteiger partial charge in [-0.3, -0.25) is 4.98 Å². The summed E-state index contributed by atoms with van der Waals surface area (Å²) in [4.78, 5) is 7.83. The molecule has 0 bridgehead atoms. The maximum Gasteiger partial charge on any atom is 0.165 e. The van der Waals surface area contributed by atoms with Crippen LogP contribution in [0.4, 0.5) is 4.39 Å². The van der Waals surface area contributed by atoms with Crippen LogP contribution in [0.1, 0.15) is 0 Å². The van der Waals surface area contributed by atoms with Gasteiger partial charge in [0.05, 0.1) is 9.99 Å². The minimum absolute atomic E-state index is 0.298. The summed E-state index contributed by atoms with van der Waals surface area (Å²) in [5.74, 6) is -0.361. The van der Waals surface area contributed by atoms with E-state index in [0.717, 1.165) is 0 Å². The molecule has 2 aromatic rings. The Morgan fingerprint density at radius 2 is 1.92 bits per heavy atom. The lowest BCUT2D eigenvalue weighted by Crippen LogP contribution is -1.87. The van der Waals surface area contributed by atoms with Crippen molar-refractivity contribution < 1.29 is 4.39 Å². The topological polar surface area (TPSA) is 25.8 Å². The van der Waals surface area contributed by atoms with Gasteiger partial charge in [-0.2, -0.15) is 0 Å². The predicted molar refractivity (Wildman–Crippen MR) is 47.2 cm³/mol. The van der Waals surface area contributed by atoms with E-state index in [1.807, 2.05) is 0 Å². The molecule has 2 nitrogen and oxygen atoms in total. The maximum absolute atomic E-state index is 13.2. The summed E-state index contributed by atoms with van der Waals surface area (Å²) in [7, 11) is 0. The van der Waals surface area contributed by atoms with Crippen molar-refractivity contribution >= 4 is 27.0 Å². The van der Waals surface area contributed by atoms with E-state index in [4.69, 9.17) is 0 Å². The lowest BCUT2D eigenvalue weighted by atomic mass is 10.3. The van der Waals surface area contributed by atoms with E-state index in [1.54, 1.807) is 12.1 Å². The predicted octanol–water partition coefficient (Wildman–Crippen LogP) is 2.53. The maximum atomic E-state index is 13.2. The van der Waals surface area contributed by atoms with Crippen molar-refractivity contribution in [3.05, 3.63) is 34.8 Å². The number of halogens is 2. The highest BCUT2D eigenvalue weighted by atomic mass is 79.9. The number of nitrogens with zero attached hydrogens (tertiary/aromatic N) is 2. The largest absolute Gasteiger partial charge is 0.253 e. The van der Waals surface area contributed by atoms with Crippen molar-refractivity contribution in [1.82, 2.24) is 9.97 Å². The van der Waals surface area contributed by atoms with Crippen LogP contribution >= 0.6 is 15.9 Å². The smallest absolute Gasteiger partial charge is 0.165 e. The Hall–Kier alpha value is -1.03. The molecule has 0 N–H and O–H groups in total. The molecule has 0 saturated heterocycles. The third-order valence-corrected chi connectivity index (χ3v) is 2.14. The second kappa shape index (κ2) is 2.79. The number of fused-ring (bicyclic) bond motifs is 1. The highest BCUT2D eigenvalue weighted by Gasteiger charge is 2.05. The van der Waals surface area contributed by atoms with Crippen LogP contribution in [0.5, 0.6) is 0 Å². The van der Waals surface area contributed by atoms with Crippen molar-refractivity contribution in [2.75, 3.05) is 0 Å². The summed E-state index contributed by atoms with van der Waals surface area (Å²) in [6.07, 6.45) is 3.01. The number of aromatic nitrogens is 2. The fourth-order valence-electron chi connectivity index (χ4n) is 0.978. The Morgan fingerprint density at radius 1 is 1.17 bits per heavy atom. The van der Waals surface area contributed by atoms with Gasteiger partial charge in [-0.15, -0.1) is 0 Å². The Labute approximate surface area is 76.6 Å². The second-order valence-electron chi connectivity index (χ2n) is 2.29. The normalized spacial score (nSPS) is 10.5. The number of hydrogen-bond acceptors (Lipinski definition) is 2. The van der Waals surface area contributed by atoms with Crippen LogP contribution in [0.15, 0.2) is 29.0 Å². The standard InChI is InChI=1S/C8H4BrFN2/c9-5-1-2-6-8(7(5)10)12-4-3-11-6/h1-4H. The van der Waals surface area contributed by atoms with Crippen LogP contribution in [0.3, 0.4) is 0 Å². The van der Waals surface area contributed by atoms with Gasteiger partial charge in [0.1, 0.15) is 5.52 Å². The SMILES string of the molecule is Fc1c(Br)ccc2nccnc12. The second-order valence-corrected chi connectivity index (χ2v) is 3.14. The van der Waals surface area contributed by atoms with Gasteiger partial charge in [0.25, 0.3) is 0 Å². The molecular formula is C8H4BrFN2. The number of rotatable bonds is 0.